The molecule has 0 fully saturated rings. The quantitative estimate of drug-likeness (QED) is 0.452. The molecule has 0 atom stereocenters. The molecule has 0 amide bonds. The molecule has 0 spiro atoms. The molecule has 0 saturated heterocycles. The summed E-state index contributed by atoms with van der Waals surface area (Å²) in [6.45, 7) is 0.617. The number of nitrogen functional groups attached to an aromatic ring is 1. The van der Waals surface area contributed by atoms with E-state index in [4.69, 9.17) is 17.3 Å². The first kappa shape index (κ1) is 14.1. The van der Waals surface area contributed by atoms with Crippen molar-refractivity contribution in [1.82, 2.24) is 0 Å². The van der Waals surface area contributed by atoms with Gasteiger partial charge in [0.2, 0.25) is 0 Å². The summed E-state index contributed by atoms with van der Waals surface area (Å²) in [5, 5.41) is 3.13. The second-order valence-corrected chi connectivity index (χ2v) is 6.42. The highest BCUT2D eigenvalue weighted by Crippen LogP contribution is 2.10. The van der Waals surface area contributed by atoms with E-state index in [1.807, 2.05) is 12.1 Å². The molecule has 96 valence electrons. The molecule has 3 N–H and O–H groups in total. The summed E-state index contributed by atoms with van der Waals surface area (Å²) in [5.41, 5.74) is 7.20. The average Bonchev–Trinajstić information content (AvgIpc) is 2.27. The van der Waals surface area contributed by atoms with Crippen molar-refractivity contribution in [3.8, 4) is 0 Å². The van der Waals surface area contributed by atoms with Crippen molar-refractivity contribution in [2.45, 2.75) is 6.42 Å². The number of nitrogens with two attached hydrogens (primary N) is 1. The summed E-state index contributed by atoms with van der Waals surface area (Å²) < 4.78 is 22.7. The number of hydrogen-bond donors (Lipinski definition) is 2. The van der Waals surface area contributed by atoms with Crippen LogP contribution in [0.15, 0.2) is 24.3 Å². The minimum absolute atomic E-state index is 0.0520. The van der Waals surface area contributed by atoms with Crippen molar-refractivity contribution in [2.75, 3.05) is 35.0 Å². The maximum atomic E-state index is 11.4. The molecule has 0 aromatic heterocycles. The topological polar surface area (TPSA) is 72.2 Å². The molecule has 0 aliphatic rings. The molecular formula is C11H17ClN2O2S. The van der Waals surface area contributed by atoms with Crippen LogP contribution in [0.5, 0.6) is 0 Å². The second-order valence-electron chi connectivity index (χ2n) is 3.74. The summed E-state index contributed by atoms with van der Waals surface area (Å²) in [4.78, 5) is 0. The van der Waals surface area contributed by atoms with Crippen LogP contribution in [0.2, 0.25) is 0 Å². The van der Waals surface area contributed by atoms with E-state index < -0.39 is 9.84 Å². The summed E-state index contributed by atoms with van der Waals surface area (Å²) in [5.74, 6) is 0.381. The third-order valence-corrected chi connectivity index (χ3v) is 4.41. The Hall–Kier alpha value is -0.940. The minimum Gasteiger partial charge on any atom is -0.399 e. The van der Waals surface area contributed by atoms with Gasteiger partial charge in [-0.05, 0) is 30.7 Å². The highest BCUT2D eigenvalue weighted by atomic mass is 35.5. The Morgan fingerprint density at radius 1 is 1.18 bits per heavy atom. The number of anilines is 2. The van der Waals surface area contributed by atoms with Crippen LogP contribution in [0.4, 0.5) is 11.4 Å². The van der Waals surface area contributed by atoms with Gasteiger partial charge in [0.25, 0.3) is 0 Å². The number of alkyl halides is 1. The van der Waals surface area contributed by atoms with Gasteiger partial charge in [-0.2, -0.15) is 0 Å². The van der Waals surface area contributed by atoms with Crippen molar-refractivity contribution in [3.05, 3.63) is 24.3 Å². The fourth-order valence-electron chi connectivity index (χ4n) is 1.35. The van der Waals surface area contributed by atoms with Gasteiger partial charge in [-0.1, -0.05) is 0 Å². The molecule has 0 aliphatic carbocycles. The Labute approximate surface area is 107 Å². The molecule has 6 heteroatoms. The van der Waals surface area contributed by atoms with Crippen LogP contribution in [-0.2, 0) is 9.84 Å². The van der Waals surface area contributed by atoms with Gasteiger partial charge in [-0.3, -0.25) is 0 Å². The Morgan fingerprint density at radius 3 is 2.41 bits per heavy atom. The van der Waals surface area contributed by atoms with E-state index in [2.05, 4.69) is 5.32 Å². The maximum Gasteiger partial charge on any atom is 0.151 e. The minimum atomic E-state index is -2.98. The summed E-state index contributed by atoms with van der Waals surface area (Å²) in [7, 11) is -2.98. The smallest absolute Gasteiger partial charge is 0.151 e. The van der Waals surface area contributed by atoms with Gasteiger partial charge >= 0.3 is 0 Å². The lowest BCUT2D eigenvalue weighted by Gasteiger charge is -2.06. The predicted molar refractivity (Wildman–Crippen MR) is 73.3 cm³/mol. The standard InChI is InChI=1S/C11H17ClN2O2S/c12-6-9-17(15,16)8-1-7-14-11-4-2-10(13)3-5-11/h2-5,14H,1,6-9,13H2. The van der Waals surface area contributed by atoms with E-state index in [1.165, 1.54) is 0 Å². The monoisotopic (exact) mass is 276 g/mol. The van der Waals surface area contributed by atoms with Crippen LogP contribution in [0.25, 0.3) is 0 Å². The van der Waals surface area contributed by atoms with E-state index in [1.54, 1.807) is 12.1 Å². The molecule has 0 heterocycles. The third kappa shape index (κ3) is 5.79. The van der Waals surface area contributed by atoms with Crippen LogP contribution in [-0.4, -0.2) is 32.3 Å². The van der Waals surface area contributed by atoms with Gasteiger partial charge in [0.1, 0.15) is 0 Å². The molecule has 0 saturated carbocycles. The number of nitrogens with one attached hydrogen (secondary N) is 1. The highest BCUT2D eigenvalue weighted by Gasteiger charge is 2.08. The van der Waals surface area contributed by atoms with Crippen LogP contribution in [0, 0.1) is 0 Å². The van der Waals surface area contributed by atoms with Crippen LogP contribution < -0.4 is 11.1 Å². The van der Waals surface area contributed by atoms with E-state index >= 15 is 0 Å². The lowest BCUT2D eigenvalue weighted by atomic mass is 10.3. The molecule has 1 rings (SSSR count). The van der Waals surface area contributed by atoms with Crippen molar-refractivity contribution >= 4 is 32.8 Å². The zero-order valence-corrected chi connectivity index (χ0v) is 11.1. The first-order chi connectivity index (χ1) is 8.03. The number of rotatable bonds is 7. The first-order valence-electron chi connectivity index (χ1n) is 5.39. The molecule has 1 aromatic carbocycles. The molecule has 0 bridgehead atoms. The molecule has 1 aromatic rings. The van der Waals surface area contributed by atoms with E-state index in [0.29, 0.717) is 18.7 Å². The van der Waals surface area contributed by atoms with Crippen molar-refractivity contribution in [2.24, 2.45) is 0 Å². The molecule has 17 heavy (non-hydrogen) atoms. The number of benzene rings is 1. The number of hydrogen-bond acceptors (Lipinski definition) is 4. The van der Waals surface area contributed by atoms with Gasteiger partial charge < -0.3 is 11.1 Å². The molecule has 0 aliphatic heterocycles. The van der Waals surface area contributed by atoms with Gasteiger partial charge in [-0.25, -0.2) is 8.42 Å². The Morgan fingerprint density at radius 2 is 1.82 bits per heavy atom. The van der Waals surface area contributed by atoms with Gasteiger partial charge in [0.15, 0.2) is 9.84 Å². The SMILES string of the molecule is Nc1ccc(NCCCS(=O)(=O)CCCl)cc1. The van der Waals surface area contributed by atoms with E-state index in [0.717, 1.165) is 5.69 Å². The van der Waals surface area contributed by atoms with Crippen LogP contribution in [0.1, 0.15) is 6.42 Å². The maximum absolute atomic E-state index is 11.4. The van der Waals surface area contributed by atoms with Gasteiger partial charge in [0.05, 0.1) is 11.5 Å². The summed E-state index contributed by atoms with van der Waals surface area (Å²) >= 11 is 5.40. The van der Waals surface area contributed by atoms with Crippen LogP contribution in [0.3, 0.4) is 0 Å². The average molecular weight is 277 g/mol. The van der Waals surface area contributed by atoms with Crippen molar-refractivity contribution in [1.29, 1.82) is 0 Å². The zero-order valence-electron chi connectivity index (χ0n) is 9.52. The molecule has 0 radical (unpaired) electrons. The fourth-order valence-corrected chi connectivity index (χ4v) is 3.07. The van der Waals surface area contributed by atoms with Gasteiger partial charge in [-0.15, -0.1) is 11.6 Å². The summed E-state index contributed by atoms with van der Waals surface area (Å²) in [6, 6.07) is 7.32. The van der Waals surface area contributed by atoms with E-state index in [-0.39, 0.29) is 17.4 Å². The van der Waals surface area contributed by atoms with Gasteiger partial charge in [0, 0.05) is 23.8 Å². The first-order valence-corrected chi connectivity index (χ1v) is 7.75. The summed E-state index contributed by atoms with van der Waals surface area (Å²) in [6.07, 6.45) is 0.573. The number of sulfone groups is 1. The highest BCUT2D eigenvalue weighted by molar-refractivity contribution is 7.91. The molecular weight excluding hydrogens is 260 g/mol. The fraction of sp³-hybridized carbons (Fsp3) is 0.455. The Kier molecular flexibility index (Phi) is 5.58. The predicted octanol–water partition coefficient (Wildman–Crippen LogP) is 1.72. The Balaban J connectivity index is 2.27. The zero-order chi connectivity index (χ0) is 12.7. The van der Waals surface area contributed by atoms with E-state index in [9.17, 15) is 8.42 Å². The normalized spacial score (nSPS) is 11.4. The molecule has 0 unspecified atom stereocenters. The largest absolute Gasteiger partial charge is 0.399 e. The van der Waals surface area contributed by atoms with Crippen molar-refractivity contribution in [3.63, 3.8) is 0 Å². The number of halogens is 1. The van der Waals surface area contributed by atoms with Crippen molar-refractivity contribution < 1.29 is 8.42 Å². The second kappa shape index (κ2) is 6.71. The lowest BCUT2D eigenvalue weighted by molar-refractivity contribution is 0.595. The molecule has 4 nitrogen and oxygen atoms in total. The van der Waals surface area contributed by atoms with Crippen LogP contribution >= 0.6 is 11.6 Å². The Bertz CT molecular complexity index is 431. The lowest BCUT2D eigenvalue weighted by Crippen LogP contribution is -2.15. The third-order valence-electron chi connectivity index (χ3n) is 2.26.